The van der Waals surface area contributed by atoms with Gasteiger partial charge in [0, 0.05) is 10.7 Å². The molecule has 0 aromatic carbocycles. The number of halogens is 1. The van der Waals surface area contributed by atoms with Gasteiger partial charge in [-0.3, -0.25) is 4.18 Å². The van der Waals surface area contributed by atoms with Crippen LogP contribution in [0.4, 0.5) is 0 Å². The number of methoxy groups -OCH3 is 1. The predicted octanol–water partition coefficient (Wildman–Crippen LogP) is 0.382. The molecule has 2 atom stereocenters. The van der Waals surface area contributed by atoms with Gasteiger partial charge in [0.2, 0.25) is 0 Å². The van der Waals surface area contributed by atoms with Gasteiger partial charge in [0.15, 0.2) is 6.10 Å². The van der Waals surface area contributed by atoms with Crippen LogP contribution in [0.3, 0.4) is 0 Å². The van der Waals surface area contributed by atoms with Crippen LogP contribution in [-0.2, 0) is 24.0 Å². The van der Waals surface area contributed by atoms with Crippen LogP contribution in [-0.4, -0.2) is 23.4 Å². The molecule has 0 aromatic rings. The van der Waals surface area contributed by atoms with Gasteiger partial charge in [-0.15, -0.1) is 0 Å². The monoisotopic (exact) mass is 186 g/mol. The minimum Gasteiger partial charge on any atom is -0.467 e. The van der Waals surface area contributed by atoms with Crippen molar-refractivity contribution in [2.24, 2.45) is 0 Å². The molecule has 0 heterocycles. The predicted molar refractivity (Wildman–Crippen MR) is 36.6 cm³/mol. The number of hydrogen-bond acceptors (Lipinski definition) is 4. The molecule has 0 spiro atoms. The van der Waals surface area contributed by atoms with Gasteiger partial charge in [-0.1, -0.05) is 0 Å². The molecule has 0 N–H and O–H groups in total. The van der Waals surface area contributed by atoms with E-state index in [4.69, 9.17) is 10.7 Å². The second-order valence-corrected chi connectivity index (χ2v) is 2.79. The van der Waals surface area contributed by atoms with Crippen LogP contribution >= 0.6 is 10.7 Å². The van der Waals surface area contributed by atoms with Crippen LogP contribution < -0.4 is 0 Å². The fraction of sp³-hybridized carbons (Fsp3) is 0.750. The Balaban J connectivity index is 3.72. The Morgan fingerprint density at radius 1 is 1.70 bits per heavy atom. The van der Waals surface area contributed by atoms with Gasteiger partial charge in [0.05, 0.1) is 7.11 Å². The fourth-order valence-corrected chi connectivity index (χ4v) is 0.952. The van der Waals surface area contributed by atoms with E-state index in [0.29, 0.717) is 0 Å². The molecule has 0 rings (SSSR count). The maximum Gasteiger partial charge on any atom is 0.336 e. The molecule has 0 saturated heterocycles. The van der Waals surface area contributed by atoms with Gasteiger partial charge >= 0.3 is 5.97 Å². The molecule has 0 fully saturated rings. The average Bonchev–Trinajstić information content (AvgIpc) is 1.85. The summed E-state index contributed by atoms with van der Waals surface area (Å²) in [6, 6.07) is 0. The van der Waals surface area contributed by atoms with Crippen LogP contribution in [0.5, 0.6) is 0 Å². The number of carbonyl (C=O) groups excluding carboxylic acids is 1. The smallest absolute Gasteiger partial charge is 0.336 e. The minimum atomic E-state index is -1.95. The number of rotatable bonds is 3. The molecule has 0 saturated carbocycles. The molecular weight excluding hydrogens is 180 g/mol. The molecule has 0 radical (unpaired) electrons. The van der Waals surface area contributed by atoms with E-state index in [9.17, 15) is 9.00 Å². The Bertz CT molecular complexity index is 148. The third-order valence-corrected chi connectivity index (χ3v) is 1.41. The van der Waals surface area contributed by atoms with Crippen molar-refractivity contribution in [2.45, 2.75) is 13.0 Å². The highest BCUT2D eigenvalue weighted by Gasteiger charge is 2.15. The first-order valence-electron chi connectivity index (χ1n) is 2.41. The highest BCUT2D eigenvalue weighted by Crippen LogP contribution is 1.99. The Morgan fingerprint density at radius 2 is 2.20 bits per heavy atom. The second kappa shape index (κ2) is 4.65. The van der Waals surface area contributed by atoms with Gasteiger partial charge in [-0.2, -0.15) is 0 Å². The maximum atomic E-state index is 10.5. The van der Waals surface area contributed by atoms with Gasteiger partial charge < -0.3 is 4.74 Å². The lowest BCUT2D eigenvalue weighted by Crippen LogP contribution is -2.21. The summed E-state index contributed by atoms with van der Waals surface area (Å²) in [6.07, 6.45) is -0.886. The summed E-state index contributed by atoms with van der Waals surface area (Å²) >= 11 is 0. The zero-order valence-electron chi connectivity index (χ0n) is 5.50. The molecule has 0 aliphatic carbocycles. The van der Waals surface area contributed by atoms with Crippen LogP contribution in [0.25, 0.3) is 0 Å². The molecule has 0 bridgehead atoms. The van der Waals surface area contributed by atoms with E-state index in [0.717, 1.165) is 0 Å². The molecule has 0 aromatic heterocycles. The Labute approximate surface area is 65.6 Å². The first-order chi connectivity index (χ1) is 4.57. The van der Waals surface area contributed by atoms with Gasteiger partial charge in [0.1, 0.15) is 0 Å². The Morgan fingerprint density at radius 3 is 2.50 bits per heavy atom. The quantitative estimate of drug-likeness (QED) is 0.473. The Kier molecular flexibility index (Phi) is 4.59. The molecule has 0 aliphatic rings. The van der Waals surface area contributed by atoms with Crippen molar-refractivity contribution in [1.29, 1.82) is 0 Å². The van der Waals surface area contributed by atoms with Crippen LogP contribution in [0, 0.1) is 0 Å². The van der Waals surface area contributed by atoms with E-state index < -0.39 is 22.4 Å². The van der Waals surface area contributed by atoms with E-state index in [-0.39, 0.29) is 0 Å². The molecule has 60 valence electrons. The first kappa shape index (κ1) is 9.87. The van der Waals surface area contributed by atoms with Gasteiger partial charge in [-0.25, -0.2) is 9.00 Å². The summed E-state index contributed by atoms with van der Waals surface area (Å²) < 4.78 is 18.7. The number of ether oxygens (including phenoxy) is 1. The van der Waals surface area contributed by atoms with Crippen molar-refractivity contribution in [3.63, 3.8) is 0 Å². The van der Waals surface area contributed by atoms with E-state index in [2.05, 4.69) is 8.92 Å². The van der Waals surface area contributed by atoms with Crippen molar-refractivity contribution in [3.8, 4) is 0 Å². The van der Waals surface area contributed by atoms with Gasteiger partial charge in [-0.05, 0) is 6.92 Å². The average molecular weight is 187 g/mol. The van der Waals surface area contributed by atoms with E-state index in [1.165, 1.54) is 14.0 Å². The highest BCUT2D eigenvalue weighted by molar-refractivity contribution is 8.04. The normalized spacial score (nSPS) is 15.9. The number of esters is 1. The minimum absolute atomic E-state index is 0.603. The van der Waals surface area contributed by atoms with Crippen LogP contribution in [0.2, 0.25) is 0 Å². The topological polar surface area (TPSA) is 52.6 Å². The van der Waals surface area contributed by atoms with Crippen LogP contribution in [0.1, 0.15) is 6.92 Å². The molecule has 1 unspecified atom stereocenters. The molecular formula is C4H7ClO4S. The summed E-state index contributed by atoms with van der Waals surface area (Å²) in [5, 5.41) is 0. The lowest BCUT2D eigenvalue weighted by molar-refractivity contribution is -0.147. The largest absolute Gasteiger partial charge is 0.467 e. The van der Waals surface area contributed by atoms with Gasteiger partial charge in [0.25, 0.3) is 10.3 Å². The zero-order valence-corrected chi connectivity index (χ0v) is 7.07. The second-order valence-electron chi connectivity index (χ2n) is 1.46. The molecule has 6 heteroatoms. The summed E-state index contributed by atoms with van der Waals surface area (Å²) in [6.45, 7) is 1.39. The summed E-state index contributed by atoms with van der Waals surface area (Å²) in [5.41, 5.74) is 0. The lowest BCUT2D eigenvalue weighted by Gasteiger charge is -2.04. The molecule has 0 aliphatic heterocycles. The van der Waals surface area contributed by atoms with Crippen LogP contribution in [0.15, 0.2) is 0 Å². The lowest BCUT2D eigenvalue weighted by atomic mass is 10.4. The summed E-state index contributed by atoms with van der Waals surface area (Å²) in [4.78, 5) is 10.5. The number of carbonyl (C=O) groups is 1. The van der Waals surface area contributed by atoms with Crippen molar-refractivity contribution >= 4 is 26.9 Å². The van der Waals surface area contributed by atoms with E-state index in [1.807, 2.05) is 0 Å². The third kappa shape index (κ3) is 3.81. The molecule has 10 heavy (non-hydrogen) atoms. The van der Waals surface area contributed by atoms with Crippen molar-refractivity contribution in [2.75, 3.05) is 7.11 Å². The fourth-order valence-electron chi connectivity index (χ4n) is 0.319. The van der Waals surface area contributed by atoms with Crippen molar-refractivity contribution in [1.82, 2.24) is 0 Å². The van der Waals surface area contributed by atoms with Crippen molar-refractivity contribution < 1.29 is 17.9 Å². The molecule has 0 amide bonds. The van der Waals surface area contributed by atoms with Crippen molar-refractivity contribution in [3.05, 3.63) is 0 Å². The summed E-state index contributed by atoms with van der Waals surface area (Å²) in [7, 11) is 4.18. The SMILES string of the molecule is COC(=O)[C@H](C)OS(=O)Cl. The maximum absolute atomic E-state index is 10.5. The number of hydrogen-bond donors (Lipinski definition) is 0. The third-order valence-electron chi connectivity index (χ3n) is 0.753. The Hall–Kier alpha value is -0.130. The molecule has 4 nitrogen and oxygen atoms in total. The zero-order chi connectivity index (χ0) is 8.15. The summed E-state index contributed by atoms with van der Waals surface area (Å²) in [5.74, 6) is -0.603. The van der Waals surface area contributed by atoms with E-state index in [1.54, 1.807) is 0 Å². The highest BCUT2D eigenvalue weighted by atomic mass is 35.7. The first-order valence-corrected chi connectivity index (χ1v) is 4.31. The standard InChI is InChI=1S/C4H7ClO4S/c1-3(4(6)8-2)9-10(5)7/h3H,1-2H3/t3-,10?/m0/s1. The van der Waals surface area contributed by atoms with E-state index >= 15 is 0 Å².